The third-order valence-electron chi connectivity index (χ3n) is 4.89. The Labute approximate surface area is 191 Å². The van der Waals surface area contributed by atoms with Crippen LogP contribution in [-0.4, -0.2) is 29.0 Å². The third-order valence-corrected chi connectivity index (χ3v) is 4.89. The van der Waals surface area contributed by atoms with Crippen LogP contribution < -0.4 is 16.0 Å². The molecule has 1 amide bonds. The van der Waals surface area contributed by atoms with Crippen LogP contribution in [0.15, 0.2) is 78.9 Å². The van der Waals surface area contributed by atoms with Gasteiger partial charge in [0, 0.05) is 23.7 Å². The second-order valence-corrected chi connectivity index (χ2v) is 7.31. The summed E-state index contributed by atoms with van der Waals surface area (Å²) in [4.78, 5) is 33.2. The minimum Gasteiger partial charge on any atom is -0.467 e. The van der Waals surface area contributed by atoms with Gasteiger partial charge in [0.2, 0.25) is 11.9 Å². The van der Waals surface area contributed by atoms with Crippen molar-refractivity contribution in [2.24, 2.45) is 0 Å². The highest BCUT2D eigenvalue weighted by Crippen LogP contribution is 2.28. The van der Waals surface area contributed by atoms with Crippen molar-refractivity contribution in [1.82, 2.24) is 9.97 Å². The molecular formula is C25H23N5O3. The molecule has 0 unspecified atom stereocenters. The van der Waals surface area contributed by atoms with Gasteiger partial charge in [-0.25, -0.2) is 9.78 Å². The zero-order chi connectivity index (χ0) is 23.2. The van der Waals surface area contributed by atoms with Gasteiger partial charge < -0.3 is 20.7 Å². The second-order valence-electron chi connectivity index (χ2n) is 7.31. The van der Waals surface area contributed by atoms with E-state index in [0.29, 0.717) is 28.7 Å². The maximum absolute atomic E-state index is 12.6. The predicted molar refractivity (Wildman–Crippen MR) is 128 cm³/mol. The van der Waals surface area contributed by atoms with Crippen LogP contribution in [-0.2, 0) is 14.3 Å². The Morgan fingerprint density at radius 1 is 0.879 bits per heavy atom. The monoisotopic (exact) mass is 441 g/mol. The summed E-state index contributed by atoms with van der Waals surface area (Å²) in [6.07, 6.45) is 0. The number of benzene rings is 3. The largest absolute Gasteiger partial charge is 0.467 e. The van der Waals surface area contributed by atoms with Crippen molar-refractivity contribution in [2.45, 2.75) is 13.0 Å². The van der Waals surface area contributed by atoms with E-state index in [1.165, 1.54) is 14.0 Å². The minimum absolute atomic E-state index is 0.157. The summed E-state index contributed by atoms with van der Waals surface area (Å²) in [6.45, 7) is 1.45. The van der Waals surface area contributed by atoms with Crippen LogP contribution in [0.5, 0.6) is 0 Å². The number of rotatable bonds is 7. The van der Waals surface area contributed by atoms with Gasteiger partial charge in [-0.05, 0) is 35.9 Å². The Kier molecular flexibility index (Phi) is 6.45. The highest BCUT2D eigenvalue weighted by atomic mass is 16.5. The molecule has 8 nitrogen and oxygen atoms in total. The number of nitrogens with one attached hydrogen (secondary N) is 3. The average Bonchev–Trinajstić information content (AvgIpc) is 2.82. The summed E-state index contributed by atoms with van der Waals surface area (Å²) < 4.78 is 5.03. The van der Waals surface area contributed by atoms with Crippen LogP contribution in [0.25, 0.3) is 10.9 Å². The summed E-state index contributed by atoms with van der Waals surface area (Å²) >= 11 is 0. The average molecular weight is 441 g/mol. The molecule has 33 heavy (non-hydrogen) atoms. The van der Waals surface area contributed by atoms with Gasteiger partial charge in [-0.1, -0.05) is 48.5 Å². The van der Waals surface area contributed by atoms with Crippen molar-refractivity contribution in [1.29, 1.82) is 0 Å². The molecule has 1 heterocycles. The zero-order valence-corrected chi connectivity index (χ0v) is 18.2. The molecule has 1 aromatic heterocycles. The molecule has 166 valence electrons. The van der Waals surface area contributed by atoms with Crippen molar-refractivity contribution < 1.29 is 14.3 Å². The molecule has 3 aromatic carbocycles. The molecule has 8 heteroatoms. The Bertz CT molecular complexity index is 1290. The summed E-state index contributed by atoms with van der Waals surface area (Å²) in [6, 6.07) is 23.3. The number of methoxy groups -OCH3 is 1. The van der Waals surface area contributed by atoms with Crippen LogP contribution >= 0.6 is 0 Å². The first kappa shape index (κ1) is 21.8. The summed E-state index contributed by atoms with van der Waals surface area (Å²) in [7, 11) is 1.35. The van der Waals surface area contributed by atoms with E-state index >= 15 is 0 Å². The van der Waals surface area contributed by atoms with E-state index in [1.54, 1.807) is 12.1 Å². The molecule has 0 fully saturated rings. The van der Waals surface area contributed by atoms with Gasteiger partial charge in [0.25, 0.3) is 0 Å². The van der Waals surface area contributed by atoms with Crippen LogP contribution in [0.4, 0.5) is 23.1 Å². The molecular weight excluding hydrogens is 418 g/mol. The lowest BCUT2D eigenvalue weighted by atomic mass is 10.1. The first-order valence-electron chi connectivity index (χ1n) is 10.3. The third kappa shape index (κ3) is 5.24. The van der Waals surface area contributed by atoms with Crippen molar-refractivity contribution in [3.63, 3.8) is 0 Å². The minimum atomic E-state index is -0.745. The molecule has 4 aromatic rings. The Morgan fingerprint density at radius 2 is 1.61 bits per heavy atom. The number of carbonyl (C=O) groups excluding carboxylic acids is 2. The first-order valence-corrected chi connectivity index (χ1v) is 10.3. The fraction of sp³-hybridized carbons (Fsp3) is 0.120. The Hall–Kier alpha value is -4.46. The number of fused-ring (bicyclic) bond motifs is 1. The number of amides is 1. The van der Waals surface area contributed by atoms with Gasteiger partial charge in [0.05, 0.1) is 12.6 Å². The number of ether oxygens (including phenoxy) is 1. The predicted octanol–water partition coefficient (Wildman–Crippen LogP) is 4.66. The van der Waals surface area contributed by atoms with E-state index in [2.05, 4.69) is 25.9 Å². The number of para-hydroxylation sites is 1. The van der Waals surface area contributed by atoms with Gasteiger partial charge in [0.1, 0.15) is 5.82 Å². The molecule has 0 aliphatic rings. The summed E-state index contributed by atoms with van der Waals surface area (Å²) in [5.41, 5.74) is 2.81. The highest BCUT2D eigenvalue weighted by Gasteiger charge is 2.23. The molecule has 0 radical (unpaired) electrons. The van der Waals surface area contributed by atoms with Crippen molar-refractivity contribution in [3.8, 4) is 0 Å². The molecule has 0 spiro atoms. The van der Waals surface area contributed by atoms with E-state index < -0.39 is 12.0 Å². The van der Waals surface area contributed by atoms with Crippen molar-refractivity contribution >= 4 is 45.9 Å². The molecule has 1 atom stereocenters. The zero-order valence-electron chi connectivity index (χ0n) is 18.2. The SMILES string of the molecule is COC(=O)[C@@H](Nc1nc(Nc2cccc(NC(C)=O)c2)nc2ccccc12)c1ccccc1. The first-order chi connectivity index (χ1) is 16.0. The van der Waals surface area contributed by atoms with E-state index in [9.17, 15) is 9.59 Å². The van der Waals surface area contributed by atoms with E-state index in [0.717, 1.165) is 10.9 Å². The maximum Gasteiger partial charge on any atom is 0.333 e. The summed E-state index contributed by atoms with van der Waals surface area (Å²) in [5.74, 6) is 0.241. The number of carbonyl (C=O) groups is 2. The van der Waals surface area contributed by atoms with Crippen LogP contribution in [0.1, 0.15) is 18.5 Å². The molecule has 0 saturated carbocycles. The quantitative estimate of drug-likeness (QED) is 0.358. The lowest BCUT2D eigenvalue weighted by Crippen LogP contribution is -2.23. The smallest absolute Gasteiger partial charge is 0.333 e. The maximum atomic E-state index is 12.6. The van der Waals surface area contributed by atoms with Crippen molar-refractivity contribution in [2.75, 3.05) is 23.1 Å². The lowest BCUT2D eigenvalue weighted by molar-refractivity contribution is -0.141. The van der Waals surface area contributed by atoms with Crippen LogP contribution in [0.2, 0.25) is 0 Å². The number of hydrogen-bond acceptors (Lipinski definition) is 7. The van der Waals surface area contributed by atoms with Gasteiger partial charge >= 0.3 is 5.97 Å². The van der Waals surface area contributed by atoms with Gasteiger partial charge in [-0.3, -0.25) is 4.79 Å². The standard InChI is InChI=1S/C25H23N5O3/c1-16(31)26-18-11-8-12-19(15-18)27-25-28-21-14-7-6-13-20(21)23(30-25)29-22(24(32)33-2)17-9-4-3-5-10-17/h3-15,22H,1-2H3,(H,26,31)(H2,27,28,29,30)/t22-/m0/s1. The molecule has 0 aliphatic heterocycles. The number of hydrogen-bond donors (Lipinski definition) is 3. The van der Waals surface area contributed by atoms with Gasteiger partial charge in [-0.2, -0.15) is 4.98 Å². The van der Waals surface area contributed by atoms with E-state index in [4.69, 9.17) is 4.74 Å². The lowest BCUT2D eigenvalue weighted by Gasteiger charge is -2.19. The molecule has 4 rings (SSSR count). The molecule has 0 saturated heterocycles. The van der Waals surface area contributed by atoms with Crippen LogP contribution in [0, 0.1) is 0 Å². The highest BCUT2D eigenvalue weighted by molar-refractivity contribution is 5.93. The number of esters is 1. The number of aromatic nitrogens is 2. The molecule has 0 bridgehead atoms. The Morgan fingerprint density at radius 3 is 2.36 bits per heavy atom. The second kappa shape index (κ2) is 9.78. The van der Waals surface area contributed by atoms with E-state index in [1.807, 2.05) is 66.7 Å². The Balaban J connectivity index is 1.71. The topological polar surface area (TPSA) is 105 Å². The number of anilines is 4. The fourth-order valence-corrected chi connectivity index (χ4v) is 3.43. The summed E-state index contributed by atoms with van der Waals surface area (Å²) in [5, 5.41) is 9.92. The van der Waals surface area contributed by atoms with Crippen molar-refractivity contribution in [3.05, 3.63) is 84.4 Å². The molecule has 0 aliphatic carbocycles. The normalized spacial score (nSPS) is 11.5. The van der Waals surface area contributed by atoms with E-state index in [-0.39, 0.29) is 5.91 Å². The van der Waals surface area contributed by atoms with Gasteiger partial charge in [-0.15, -0.1) is 0 Å². The fourth-order valence-electron chi connectivity index (χ4n) is 3.43. The van der Waals surface area contributed by atoms with Crippen LogP contribution in [0.3, 0.4) is 0 Å². The number of nitrogens with zero attached hydrogens (tertiary/aromatic N) is 2. The molecule has 3 N–H and O–H groups in total. The van der Waals surface area contributed by atoms with Gasteiger partial charge in [0.15, 0.2) is 6.04 Å².